The molecule has 1 N–H and O–H groups in total. The van der Waals surface area contributed by atoms with Gasteiger partial charge in [0.25, 0.3) is 4.84 Å². The van der Waals surface area contributed by atoms with Crippen molar-refractivity contribution in [3.05, 3.63) is 35.0 Å². The van der Waals surface area contributed by atoms with Crippen LogP contribution in [0.5, 0.6) is 0 Å². The quantitative estimate of drug-likeness (QED) is 0.599. The first kappa shape index (κ1) is 11.0. The molecule has 0 saturated carbocycles. The molecule has 3 heteroatoms. The van der Waals surface area contributed by atoms with Crippen LogP contribution in [0.2, 0.25) is 0 Å². The third kappa shape index (κ3) is 2.45. The van der Waals surface area contributed by atoms with Crippen molar-refractivity contribution in [2.45, 2.75) is 26.7 Å². The summed E-state index contributed by atoms with van der Waals surface area (Å²) >= 11 is 4.93. The summed E-state index contributed by atoms with van der Waals surface area (Å²) in [5.41, 5.74) is 2.19. The number of hydrogen-bond donors (Lipinski definition) is 1. The average molecular weight is 209 g/mol. The Morgan fingerprint density at radius 2 is 2.36 bits per heavy atom. The van der Waals surface area contributed by atoms with Crippen LogP contribution in [0.4, 0.5) is 0 Å². The van der Waals surface area contributed by atoms with Crippen LogP contribution < -0.4 is 0 Å². The van der Waals surface area contributed by atoms with Gasteiger partial charge in [0.2, 0.25) is 0 Å². The molecular formula is C11H15NOS. The fourth-order valence-corrected chi connectivity index (χ4v) is 1.64. The minimum absolute atomic E-state index is 0.434. The average Bonchev–Trinajstić information content (AvgIpc) is 2.45. The molecule has 1 aromatic rings. The highest BCUT2D eigenvalue weighted by molar-refractivity contribution is 7.71. The Balaban J connectivity index is 3.10. The lowest BCUT2D eigenvalue weighted by molar-refractivity contribution is 0.510. The van der Waals surface area contributed by atoms with Crippen molar-refractivity contribution < 1.29 is 4.42 Å². The van der Waals surface area contributed by atoms with Gasteiger partial charge < -0.3 is 9.40 Å². The first-order valence-corrected chi connectivity index (χ1v) is 5.11. The summed E-state index contributed by atoms with van der Waals surface area (Å²) in [6.45, 7) is 7.75. The molecule has 0 fully saturated rings. The van der Waals surface area contributed by atoms with E-state index in [0.717, 1.165) is 24.3 Å². The van der Waals surface area contributed by atoms with E-state index in [1.165, 1.54) is 5.57 Å². The molecule has 0 spiro atoms. The van der Waals surface area contributed by atoms with Crippen molar-refractivity contribution in [1.29, 1.82) is 0 Å². The van der Waals surface area contributed by atoms with Gasteiger partial charge >= 0.3 is 0 Å². The summed E-state index contributed by atoms with van der Waals surface area (Å²) < 4.78 is 5.27. The van der Waals surface area contributed by atoms with E-state index in [2.05, 4.69) is 18.5 Å². The smallest absolute Gasteiger partial charge is 0.266 e. The Kier molecular flexibility index (Phi) is 3.89. The first-order chi connectivity index (χ1) is 6.69. The molecule has 1 rings (SSSR count). The van der Waals surface area contributed by atoms with Crippen molar-refractivity contribution in [2.24, 2.45) is 0 Å². The second kappa shape index (κ2) is 4.96. The van der Waals surface area contributed by atoms with E-state index in [1.807, 2.05) is 13.0 Å². The summed E-state index contributed by atoms with van der Waals surface area (Å²) in [7, 11) is 0. The summed E-state index contributed by atoms with van der Waals surface area (Å²) in [5.74, 6) is 0.844. The molecule has 0 unspecified atom stereocenters. The molecule has 0 aliphatic rings. The van der Waals surface area contributed by atoms with Gasteiger partial charge in [0.15, 0.2) is 0 Å². The fraction of sp³-hybridized carbons (Fsp3) is 0.364. The molecule has 0 bridgehead atoms. The van der Waals surface area contributed by atoms with E-state index in [0.29, 0.717) is 4.84 Å². The van der Waals surface area contributed by atoms with Gasteiger partial charge in [-0.05, 0) is 31.1 Å². The third-order valence-corrected chi connectivity index (χ3v) is 2.17. The largest absolute Gasteiger partial charge is 0.434 e. The highest BCUT2D eigenvalue weighted by Crippen LogP contribution is 2.22. The SMILES string of the molecule is C=C/C=C(/CCC)c1[nH]c(=S)oc1C. The van der Waals surface area contributed by atoms with Crippen LogP contribution in [0, 0.1) is 11.8 Å². The zero-order valence-electron chi connectivity index (χ0n) is 8.59. The Morgan fingerprint density at radius 3 is 2.79 bits per heavy atom. The van der Waals surface area contributed by atoms with E-state index in [4.69, 9.17) is 16.6 Å². The van der Waals surface area contributed by atoms with Gasteiger partial charge in [-0.1, -0.05) is 32.1 Å². The summed E-state index contributed by atoms with van der Waals surface area (Å²) in [6.07, 6.45) is 5.86. The molecule has 0 radical (unpaired) electrons. The van der Waals surface area contributed by atoms with Gasteiger partial charge in [0, 0.05) is 0 Å². The molecule has 14 heavy (non-hydrogen) atoms. The number of aromatic amines is 1. The van der Waals surface area contributed by atoms with Gasteiger partial charge in [-0.25, -0.2) is 0 Å². The monoisotopic (exact) mass is 209 g/mol. The number of hydrogen-bond acceptors (Lipinski definition) is 2. The molecule has 0 aromatic carbocycles. The van der Waals surface area contributed by atoms with Gasteiger partial charge in [-0.15, -0.1) is 0 Å². The first-order valence-electron chi connectivity index (χ1n) is 4.70. The normalized spacial score (nSPS) is 11.7. The summed E-state index contributed by atoms with van der Waals surface area (Å²) in [4.78, 5) is 3.48. The Morgan fingerprint density at radius 1 is 1.64 bits per heavy atom. The van der Waals surface area contributed by atoms with E-state index in [9.17, 15) is 0 Å². The van der Waals surface area contributed by atoms with Gasteiger partial charge in [0.05, 0.1) is 5.69 Å². The van der Waals surface area contributed by atoms with Crippen LogP contribution in [0.3, 0.4) is 0 Å². The number of H-pyrrole nitrogens is 1. The lowest BCUT2D eigenvalue weighted by Crippen LogP contribution is -1.87. The Bertz CT molecular complexity index is 398. The molecule has 1 heterocycles. The summed E-state index contributed by atoms with van der Waals surface area (Å²) in [6, 6.07) is 0. The minimum atomic E-state index is 0.434. The summed E-state index contributed by atoms with van der Waals surface area (Å²) in [5, 5.41) is 0. The molecule has 0 saturated heterocycles. The highest BCUT2D eigenvalue weighted by Gasteiger charge is 2.07. The number of aromatic nitrogens is 1. The Hall–Kier alpha value is -1.09. The van der Waals surface area contributed by atoms with Crippen LogP contribution >= 0.6 is 12.2 Å². The molecule has 76 valence electrons. The maximum absolute atomic E-state index is 5.27. The molecule has 0 aliphatic carbocycles. The number of nitrogens with one attached hydrogen (secondary N) is 1. The number of oxazole rings is 1. The topological polar surface area (TPSA) is 28.9 Å². The van der Waals surface area contributed by atoms with Gasteiger partial charge in [0.1, 0.15) is 5.76 Å². The number of aryl methyl sites for hydroxylation is 1. The second-order valence-corrected chi connectivity index (χ2v) is 3.49. The van der Waals surface area contributed by atoms with E-state index >= 15 is 0 Å². The standard InChI is InChI=1S/C11H15NOS/c1-4-6-9(7-5-2)10-8(3)13-11(14)12-10/h4,6H,1,5,7H2,2-3H3,(H,12,14)/b9-6-. The molecule has 0 aliphatic heterocycles. The van der Waals surface area contributed by atoms with Crippen LogP contribution in [0.25, 0.3) is 5.57 Å². The van der Waals surface area contributed by atoms with Crippen LogP contribution in [0.1, 0.15) is 31.2 Å². The fourth-order valence-electron chi connectivity index (χ4n) is 1.42. The van der Waals surface area contributed by atoms with E-state index < -0.39 is 0 Å². The molecule has 1 aromatic heterocycles. The van der Waals surface area contributed by atoms with Gasteiger partial charge in [-0.3, -0.25) is 0 Å². The van der Waals surface area contributed by atoms with Crippen molar-refractivity contribution in [1.82, 2.24) is 4.98 Å². The zero-order valence-corrected chi connectivity index (χ0v) is 9.41. The molecule has 0 amide bonds. The maximum Gasteiger partial charge on any atom is 0.266 e. The Labute approximate surface area is 89.3 Å². The van der Waals surface area contributed by atoms with Gasteiger partial charge in [-0.2, -0.15) is 0 Å². The number of allylic oxidation sites excluding steroid dienone is 3. The number of rotatable bonds is 4. The third-order valence-electron chi connectivity index (χ3n) is 1.98. The van der Waals surface area contributed by atoms with Crippen LogP contribution in [-0.4, -0.2) is 4.98 Å². The molecule has 2 nitrogen and oxygen atoms in total. The van der Waals surface area contributed by atoms with Crippen molar-refractivity contribution in [3.8, 4) is 0 Å². The predicted molar refractivity (Wildman–Crippen MR) is 61.7 cm³/mol. The van der Waals surface area contributed by atoms with E-state index in [1.54, 1.807) is 6.08 Å². The van der Waals surface area contributed by atoms with Crippen molar-refractivity contribution in [3.63, 3.8) is 0 Å². The lowest BCUT2D eigenvalue weighted by atomic mass is 10.1. The minimum Gasteiger partial charge on any atom is -0.434 e. The maximum atomic E-state index is 5.27. The van der Waals surface area contributed by atoms with Crippen LogP contribution in [0.15, 0.2) is 23.1 Å². The molecule has 0 atom stereocenters. The second-order valence-electron chi connectivity index (χ2n) is 3.12. The highest BCUT2D eigenvalue weighted by atomic mass is 32.1. The van der Waals surface area contributed by atoms with E-state index in [-0.39, 0.29) is 0 Å². The molecular weight excluding hydrogens is 194 g/mol. The van der Waals surface area contributed by atoms with Crippen molar-refractivity contribution in [2.75, 3.05) is 0 Å². The predicted octanol–water partition coefficient (Wildman–Crippen LogP) is 4.02. The zero-order chi connectivity index (χ0) is 10.6. The van der Waals surface area contributed by atoms with Crippen LogP contribution in [-0.2, 0) is 0 Å². The van der Waals surface area contributed by atoms with Crippen molar-refractivity contribution >= 4 is 17.8 Å². The lowest BCUT2D eigenvalue weighted by Gasteiger charge is -2.02.